The number of nitrogens with two attached hydrogens (primary N) is 1. The Morgan fingerprint density at radius 3 is 2.39 bits per heavy atom. The Bertz CT molecular complexity index is 804. The quantitative estimate of drug-likeness (QED) is 0.784. The number of carbonyl (C=O) groups excluding carboxylic acids is 2. The van der Waals surface area contributed by atoms with Gasteiger partial charge in [-0.2, -0.15) is 0 Å². The third kappa shape index (κ3) is 4.73. The van der Waals surface area contributed by atoms with E-state index < -0.39 is 11.8 Å². The van der Waals surface area contributed by atoms with Crippen LogP contribution in [0, 0.1) is 0 Å². The summed E-state index contributed by atoms with van der Waals surface area (Å²) in [5.41, 5.74) is 6.39. The molecular weight excluding hydrogens is 359 g/mol. The maximum absolute atomic E-state index is 11.9. The second-order valence-corrected chi connectivity index (χ2v) is 5.80. The zero-order valence-corrected chi connectivity index (χ0v) is 13.9. The van der Waals surface area contributed by atoms with Gasteiger partial charge in [0.1, 0.15) is 0 Å². The lowest BCUT2D eigenvalue weighted by Crippen LogP contribution is -2.13. The van der Waals surface area contributed by atoms with Crippen LogP contribution < -0.4 is 11.1 Å². The first-order valence-corrected chi connectivity index (χ1v) is 7.53. The molecule has 0 aliphatic rings. The standard InChI is InChI=1S/C16H11Cl3N2O2/c17-10-3-1-9(14(19)7-10)2-6-15(22)21-11-4-5-13(18)12(8-11)16(20)23/h1-8H,(H2,20,23)(H,21,22)/b6-2+. The van der Waals surface area contributed by atoms with Crippen LogP contribution in [-0.4, -0.2) is 11.8 Å². The van der Waals surface area contributed by atoms with Crippen molar-refractivity contribution in [2.45, 2.75) is 0 Å². The largest absolute Gasteiger partial charge is 0.366 e. The summed E-state index contributed by atoms with van der Waals surface area (Å²) < 4.78 is 0. The molecule has 4 nitrogen and oxygen atoms in total. The molecule has 0 fully saturated rings. The van der Waals surface area contributed by atoms with E-state index in [0.29, 0.717) is 21.3 Å². The van der Waals surface area contributed by atoms with Gasteiger partial charge in [0.2, 0.25) is 11.8 Å². The lowest BCUT2D eigenvalue weighted by atomic mass is 10.2. The molecule has 0 heterocycles. The summed E-state index contributed by atoms with van der Waals surface area (Å²) in [6.45, 7) is 0. The van der Waals surface area contributed by atoms with Gasteiger partial charge in [0.25, 0.3) is 0 Å². The fraction of sp³-hybridized carbons (Fsp3) is 0. The molecule has 0 saturated heterocycles. The number of benzene rings is 2. The molecule has 0 spiro atoms. The minimum Gasteiger partial charge on any atom is -0.366 e. The first-order chi connectivity index (χ1) is 10.9. The molecule has 0 atom stereocenters. The van der Waals surface area contributed by atoms with Gasteiger partial charge in [-0.3, -0.25) is 9.59 Å². The van der Waals surface area contributed by atoms with E-state index in [4.69, 9.17) is 40.5 Å². The molecular formula is C16H11Cl3N2O2. The molecule has 0 aliphatic heterocycles. The number of amides is 2. The molecule has 2 rings (SSSR count). The summed E-state index contributed by atoms with van der Waals surface area (Å²) in [7, 11) is 0. The average molecular weight is 370 g/mol. The van der Waals surface area contributed by atoms with Crippen LogP contribution in [0.15, 0.2) is 42.5 Å². The van der Waals surface area contributed by atoms with Gasteiger partial charge in [0, 0.05) is 21.8 Å². The van der Waals surface area contributed by atoms with Crippen LogP contribution in [0.1, 0.15) is 15.9 Å². The average Bonchev–Trinajstić information content (AvgIpc) is 2.48. The normalized spacial score (nSPS) is 10.7. The van der Waals surface area contributed by atoms with E-state index in [2.05, 4.69) is 5.32 Å². The highest BCUT2D eigenvalue weighted by Gasteiger charge is 2.08. The molecule has 7 heteroatoms. The van der Waals surface area contributed by atoms with Crippen molar-refractivity contribution in [1.29, 1.82) is 0 Å². The van der Waals surface area contributed by atoms with Gasteiger partial charge >= 0.3 is 0 Å². The van der Waals surface area contributed by atoms with Crippen molar-refractivity contribution in [3.8, 4) is 0 Å². The Labute approximate surface area is 147 Å². The van der Waals surface area contributed by atoms with Crippen molar-refractivity contribution in [3.63, 3.8) is 0 Å². The van der Waals surface area contributed by atoms with Gasteiger partial charge in [-0.05, 0) is 42.0 Å². The third-order valence-corrected chi connectivity index (χ3v) is 3.77. The second kappa shape index (κ2) is 7.51. The Kier molecular flexibility index (Phi) is 5.66. The molecule has 0 bridgehead atoms. The lowest BCUT2D eigenvalue weighted by Gasteiger charge is -2.05. The molecule has 3 N–H and O–H groups in total. The summed E-state index contributed by atoms with van der Waals surface area (Å²) in [5, 5.41) is 3.77. The lowest BCUT2D eigenvalue weighted by molar-refractivity contribution is -0.111. The Morgan fingerprint density at radius 1 is 1.00 bits per heavy atom. The van der Waals surface area contributed by atoms with E-state index in [1.54, 1.807) is 30.3 Å². The molecule has 0 aromatic heterocycles. The molecule has 23 heavy (non-hydrogen) atoms. The Hall–Kier alpha value is -2.01. The second-order valence-electron chi connectivity index (χ2n) is 4.55. The molecule has 0 unspecified atom stereocenters. The van der Waals surface area contributed by atoms with Gasteiger partial charge in [-0.25, -0.2) is 0 Å². The van der Waals surface area contributed by atoms with Crippen molar-refractivity contribution < 1.29 is 9.59 Å². The monoisotopic (exact) mass is 368 g/mol. The summed E-state index contributed by atoms with van der Waals surface area (Å²) in [6.07, 6.45) is 2.87. The molecule has 0 saturated carbocycles. The number of nitrogens with one attached hydrogen (secondary N) is 1. The van der Waals surface area contributed by atoms with Crippen molar-refractivity contribution >= 4 is 58.4 Å². The van der Waals surface area contributed by atoms with Crippen LogP contribution in [-0.2, 0) is 4.79 Å². The van der Waals surface area contributed by atoms with E-state index in [0.717, 1.165) is 0 Å². The summed E-state index contributed by atoms with van der Waals surface area (Å²) in [5.74, 6) is -1.07. The number of rotatable bonds is 4. The summed E-state index contributed by atoms with van der Waals surface area (Å²) in [6, 6.07) is 9.41. The van der Waals surface area contributed by atoms with Crippen LogP contribution in [0.25, 0.3) is 6.08 Å². The highest BCUT2D eigenvalue weighted by molar-refractivity contribution is 6.35. The van der Waals surface area contributed by atoms with Crippen LogP contribution in [0.5, 0.6) is 0 Å². The van der Waals surface area contributed by atoms with Gasteiger partial charge < -0.3 is 11.1 Å². The number of hydrogen-bond donors (Lipinski definition) is 2. The van der Waals surface area contributed by atoms with E-state index in [-0.39, 0.29) is 10.6 Å². The van der Waals surface area contributed by atoms with Gasteiger partial charge in [0.15, 0.2) is 0 Å². The number of anilines is 1. The topological polar surface area (TPSA) is 72.2 Å². The van der Waals surface area contributed by atoms with Crippen molar-refractivity contribution in [2.75, 3.05) is 5.32 Å². The van der Waals surface area contributed by atoms with Crippen molar-refractivity contribution in [3.05, 3.63) is 68.7 Å². The van der Waals surface area contributed by atoms with Crippen molar-refractivity contribution in [2.24, 2.45) is 5.73 Å². The van der Waals surface area contributed by atoms with Gasteiger partial charge in [0.05, 0.1) is 10.6 Å². The van der Waals surface area contributed by atoms with E-state index >= 15 is 0 Å². The number of hydrogen-bond acceptors (Lipinski definition) is 2. The van der Waals surface area contributed by atoms with Crippen LogP contribution in [0.3, 0.4) is 0 Å². The number of halogens is 3. The maximum atomic E-state index is 11.9. The van der Waals surface area contributed by atoms with Crippen LogP contribution in [0.2, 0.25) is 15.1 Å². The Balaban J connectivity index is 2.12. The van der Waals surface area contributed by atoms with E-state index in [9.17, 15) is 9.59 Å². The summed E-state index contributed by atoms with van der Waals surface area (Å²) >= 11 is 17.7. The zero-order chi connectivity index (χ0) is 17.0. The highest BCUT2D eigenvalue weighted by atomic mass is 35.5. The Morgan fingerprint density at radius 2 is 1.74 bits per heavy atom. The minimum atomic E-state index is -0.672. The molecule has 2 amide bonds. The first-order valence-electron chi connectivity index (χ1n) is 6.40. The van der Waals surface area contributed by atoms with Crippen molar-refractivity contribution in [1.82, 2.24) is 0 Å². The van der Waals surface area contributed by atoms with Crippen LogP contribution >= 0.6 is 34.8 Å². The summed E-state index contributed by atoms with van der Waals surface area (Å²) in [4.78, 5) is 23.1. The predicted octanol–water partition coefficient (Wildman–Crippen LogP) is 4.40. The fourth-order valence-corrected chi connectivity index (χ4v) is 2.46. The number of primary amides is 1. The SMILES string of the molecule is NC(=O)c1cc(NC(=O)/C=C/c2ccc(Cl)cc2Cl)ccc1Cl. The van der Waals surface area contributed by atoms with E-state index in [1.165, 1.54) is 18.2 Å². The fourth-order valence-electron chi connectivity index (χ4n) is 1.78. The van der Waals surface area contributed by atoms with E-state index in [1.807, 2.05) is 0 Å². The molecule has 2 aromatic rings. The van der Waals surface area contributed by atoms with Gasteiger partial charge in [-0.1, -0.05) is 40.9 Å². The maximum Gasteiger partial charge on any atom is 0.250 e. The number of carbonyl (C=O) groups is 2. The van der Waals surface area contributed by atoms with Gasteiger partial charge in [-0.15, -0.1) is 0 Å². The third-order valence-electron chi connectivity index (χ3n) is 2.88. The molecule has 2 aromatic carbocycles. The molecule has 118 valence electrons. The molecule has 0 aliphatic carbocycles. The predicted molar refractivity (Wildman–Crippen MR) is 94.1 cm³/mol. The van der Waals surface area contributed by atoms with Crippen LogP contribution in [0.4, 0.5) is 5.69 Å². The highest BCUT2D eigenvalue weighted by Crippen LogP contribution is 2.22. The minimum absolute atomic E-state index is 0.134. The zero-order valence-electron chi connectivity index (χ0n) is 11.6. The molecule has 0 radical (unpaired) electrons. The smallest absolute Gasteiger partial charge is 0.250 e. The first kappa shape index (κ1) is 17.3.